The Morgan fingerprint density at radius 2 is 1.83 bits per heavy atom. The van der Waals surface area contributed by atoms with Gasteiger partial charge in [0.05, 0.1) is 13.7 Å². The largest absolute Gasteiger partial charge is 0.453 e. The van der Waals surface area contributed by atoms with Crippen molar-refractivity contribution in [3.8, 4) is 0 Å². The molecule has 3 N–H and O–H groups in total. The zero-order valence-electron chi connectivity index (χ0n) is 14.4. The Morgan fingerprint density at radius 3 is 2.30 bits per heavy atom. The molecule has 0 radical (unpaired) electrons. The maximum atomic E-state index is 11.1. The minimum Gasteiger partial charge on any atom is -0.453 e. The van der Waals surface area contributed by atoms with E-state index in [-0.39, 0.29) is 29.5 Å². The number of aliphatic imine (C=N–C) groups is 1. The lowest BCUT2D eigenvalue weighted by molar-refractivity contribution is 0.187. The summed E-state index contributed by atoms with van der Waals surface area (Å²) < 4.78 is 4.55. The average molecular weight is 434 g/mol. The summed E-state index contributed by atoms with van der Waals surface area (Å²) in [6.07, 6.45) is -0.477. The van der Waals surface area contributed by atoms with Crippen molar-refractivity contribution in [1.82, 2.24) is 10.6 Å². The topological polar surface area (TPSA) is 74.8 Å². The molecule has 0 heterocycles. The average Bonchev–Trinajstić information content (AvgIpc) is 2.45. The number of methoxy groups -OCH3 is 1. The van der Waals surface area contributed by atoms with Gasteiger partial charge in [-0.3, -0.25) is 5.32 Å². The van der Waals surface area contributed by atoms with Crippen molar-refractivity contribution >= 4 is 41.7 Å². The number of carbonyl (C=O) groups excluding carboxylic acids is 1. The second-order valence-corrected chi connectivity index (χ2v) is 5.88. The van der Waals surface area contributed by atoms with Crippen LogP contribution in [-0.2, 0) is 11.3 Å². The summed E-state index contributed by atoms with van der Waals surface area (Å²) in [7, 11) is 1.34. The van der Waals surface area contributed by atoms with Gasteiger partial charge in [-0.15, -0.1) is 24.0 Å². The van der Waals surface area contributed by atoms with Gasteiger partial charge in [0, 0.05) is 17.8 Å². The van der Waals surface area contributed by atoms with E-state index in [4.69, 9.17) is 0 Å². The Labute approximate surface area is 155 Å². The number of anilines is 1. The number of hydrogen-bond donors (Lipinski definition) is 3. The predicted octanol–water partition coefficient (Wildman–Crippen LogP) is 3.34. The predicted molar refractivity (Wildman–Crippen MR) is 106 cm³/mol. The van der Waals surface area contributed by atoms with Crippen molar-refractivity contribution in [3.05, 3.63) is 29.8 Å². The molecule has 6 nitrogen and oxygen atoms in total. The number of nitrogens with zero attached hydrogens (tertiary/aromatic N) is 1. The monoisotopic (exact) mass is 434 g/mol. The number of amides is 1. The van der Waals surface area contributed by atoms with Gasteiger partial charge in [-0.1, -0.05) is 12.1 Å². The molecule has 0 unspecified atom stereocenters. The Hall–Kier alpha value is -1.51. The molecule has 130 valence electrons. The quantitative estimate of drug-likeness (QED) is 0.386. The van der Waals surface area contributed by atoms with Crippen molar-refractivity contribution in [3.63, 3.8) is 0 Å². The van der Waals surface area contributed by atoms with Gasteiger partial charge in [-0.25, -0.2) is 9.79 Å². The lowest BCUT2D eigenvalue weighted by Crippen LogP contribution is -2.47. The minimum absolute atomic E-state index is 0. The number of nitrogens with one attached hydrogen (secondary N) is 3. The molecule has 7 heteroatoms. The highest BCUT2D eigenvalue weighted by molar-refractivity contribution is 14.0. The van der Waals surface area contributed by atoms with Crippen LogP contribution in [0.2, 0.25) is 0 Å². The lowest BCUT2D eigenvalue weighted by atomic mass is 10.1. The number of ether oxygens (including phenoxy) is 1. The smallest absolute Gasteiger partial charge is 0.411 e. The zero-order chi connectivity index (χ0) is 16.6. The molecule has 0 fully saturated rings. The molecule has 0 aliphatic heterocycles. The van der Waals surface area contributed by atoms with Gasteiger partial charge < -0.3 is 15.4 Å². The first-order valence-corrected chi connectivity index (χ1v) is 7.34. The number of halogens is 1. The fourth-order valence-corrected chi connectivity index (χ4v) is 1.69. The molecular weight excluding hydrogens is 407 g/mol. The van der Waals surface area contributed by atoms with E-state index in [0.717, 1.165) is 18.1 Å². The Kier molecular flexibility index (Phi) is 9.62. The van der Waals surface area contributed by atoms with Gasteiger partial charge in [-0.2, -0.15) is 0 Å². The molecule has 0 saturated heterocycles. The fourth-order valence-electron chi connectivity index (χ4n) is 1.69. The molecule has 0 bridgehead atoms. The molecule has 1 amide bonds. The first-order chi connectivity index (χ1) is 10.3. The number of carbonyl (C=O) groups is 1. The van der Waals surface area contributed by atoms with Crippen LogP contribution in [0.3, 0.4) is 0 Å². The van der Waals surface area contributed by atoms with Crippen LogP contribution in [0.15, 0.2) is 29.3 Å². The van der Waals surface area contributed by atoms with Crippen molar-refractivity contribution in [2.45, 2.75) is 39.8 Å². The van der Waals surface area contributed by atoms with Crippen LogP contribution >= 0.6 is 24.0 Å². The second-order valence-electron chi connectivity index (χ2n) is 5.88. The molecule has 0 atom stereocenters. The third-order valence-corrected chi connectivity index (χ3v) is 2.64. The number of benzene rings is 1. The Balaban J connectivity index is 0.00000484. The van der Waals surface area contributed by atoms with E-state index in [9.17, 15) is 4.79 Å². The molecule has 0 saturated carbocycles. The molecular formula is C16H27IN4O2. The molecule has 0 aliphatic carbocycles. The Morgan fingerprint density at radius 1 is 1.22 bits per heavy atom. The van der Waals surface area contributed by atoms with E-state index < -0.39 is 6.09 Å². The molecule has 1 aromatic carbocycles. The highest BCUT2D eigenvalue weighted by atomic mass is 127. The van der Waals surface area contributed by atoms with Gasteiger partial charge in [-0.05, 0) is 45.4 Å². The first-order valence-electron chi connectivity index (χ1n) is 7.34. The minimum atomic E-state index is -0.477. The van der Waals surface area contributed by atoms with E-state index in [1.807, 2.05) is 31.2 Å². The summed E-state index contributed by atoms with van der Waals surface area (Å²) in [5.74, 6) is 0.784. The normalized spacial score (nSPS) is 11.3. The van der Waals surface area contributed by atoms with Crippen molar-refractivity contribution in [2.75, 3.05) is 19.0 Å². The molecule has 0 aromatic heterocycles. The second kappa shape index (κ2) is 10.3. The van der Waals surface area contributed by atoms with Crippen LogP contribution in [-0.4, -0.2) is 31.2 Å². The van der Waals surface area contributed by atoms with Crippen LogP contribution in [0, 0.1) is 0 Å². The standard InChI is InChI=1S/C16H26N4O2.HI/c1-6-17-14(20-16(2,3)4)18-11-12-7-9-13(10-8-12)19-15(21)22-5;/h7-10H,6,11H2,1-5H3,(H,19,21)(H2,17,18,20);1H. The molecule has 0 spiro atoms. The van der Waals surface area contributed by atoms with Gasteiger partial charge in [0.1, 0.15) is 0 Å². The zero-order valence-corrected chi connectivity index (χ0v) is 16.7. The van der Waals surface area contributed by atoms with E-state index in [2.05, 4.69) is 46.5 Å². The highest BCUT2D eigenvalue weighted by Crippen LogP contribution is 2.10. The number of guanidine groups is 1. The van der Waals surface area contributed by atoms with E-state index >= 15 is 0 Å². The van der Waals surface area contributed by atoms with Gasteiger partial charge >= 0.3 is 6.09 Å². The summed E-state index contributed by atoms with van der Waals surface area (Å²) in [5.41, 5.74) is 1.70. The summed E-state index contributed by atoms with van der Waals surface area (Å²) in [6, 6.07) is 7.50. The number of hydrogen-bond acceptors (Lipinski definition) is 3. The molecule has 0 aliphatic rings. The van der Waals surface area contributed by atoms with Crippen LogP contribution in [0.25, 0.3) is 0 Å². The van der Waals surface area contributed by atoms with E-state index in [0.29, 0.717) is 12.2 Å². The summed E-state index contributed by atoms with van der Waals surface area (Å²) in [4.78, 5) is 15.7. The summed E-state index contributed by atoms with van der Waals surface area (Å²) >= 11 is 0. The first kappa shape index (κ1) is 21.5. The van der Waals surface area contributed by atoms with E-state index in [1.165, 1.54) is 7.11 Å². The van der Waals surface area contributed by atoms with Crippen LogP contribution in [0.4, 0.5) is 10.5 Å². The third-order valence-electron chi connectivity index (χ3n) is 2.64. The maximum Gasteiger partial charge on any atom is 0.411 e. The van der Waals surface area contributed by atoms with Gasteiger partial charge in [0.15, 0.2) is 5.96 Å². The van der Waals surface area contributed by atoms with Gasteiger partial charge in [0.25, 0.3) is 0 Å². The lowest BCUT2D eigenvalue weighted by Gasteiger charge is -2.23. The third kappa shape index (κ3) is 9.27. The number of rotatable bonds is 4. The highest BCUT2D eigenvalue weighted by Gasteiger charge is 2.11. The van der Waals surface area contributed by atoms with Gasteiger partial charge in [0.2, 0.25) is 0 Å². The van der Waals surface area contributed by atoms with Crippen molar-refractivity contribution in [1.29, 1.82) is 0 Å². The fraction of sp³-hybridized carbons (Fsp3) is 0.500. The summed E-state index contributed by atoms with van der Waals surface area (Å²) in [6.45, 7) is 9.67. The molecule has 1 rings (SSSR count). The van der Waals surface area contributed by atoms with Crippen LogP contribution in [0.5, 0.6) is 0 Å². The van der Waals surface area contributed by atoms with Crippen LogP contribution in [0.1, 0.15) is 33.3 Å². The molecule has 23 heavy (non-hydrogen) atoms. The summed E-state index contributed by atoms with van der Waals surface area (Å²) in [5, 5.41) is 9.17. The Bertz CT molecular complexity index is 510. The SMILES string of the molecule is CCNC(=NCc1ccc(NC(=O)OC)cc1)NC(C)(C)C.I. The van der Waals surface area contributed by atoms with Crippen molar-refractivity contribution < 1.29 is 9.53 Å². The maximum absolute atomic E-state index is 11.1. The molecule has 1 aromatic rings. The van der Waals surface area contributed by atoms with Crippen LogP contribution < -0.4 is 16.0 Å². The van der Waals surface area contributed by atoms with Crippen molar-refractivity contribution in [2.24, 2.45) is 4.99 Å². The van der Waals surface area contributed by atoms with E-state index in [1.54, 1.807) is 0 Å².